The first-order valence-electron chi connectivity index (χ1n) is 13.1. The van der Waals surface area contributed by atoms with E-state index in [0.29, 0.717) is 28.3 Å². The number of benzene rings is 2. The molecule has 0 saturated carbocycles. The van der Waals surface area contributed by atoms with Crippen LogP contribution < -0.4 is 4.74 Å². The zero-order valence-electron chi connectivity index (χ0n) is 22.3. The highest BCUT2D eigenvalue weighted by atomic mass is 32.2. The molecule has 1 amide bonds. The van der Waals surface area contributed by atoms with Crippen molar-refractivity contribution in [2.24, 2.45) is 0 Å². The molecular weight excluding hydrogens is 559 g/mol. The van der Waals surface area contributed by atoms with E-state index in [1.54, 1.807) is 53.6 Å². The summed E-state index contributed by atoms with van der Waals surface area (Å²) in [5, 5.41) is 8.22. The summed E-state index contributed by atoms with van der Waals surface area (Å²) < 4.78 is 44.7. The zero-order chi connectivity index (χ0) is 29.7. The molecule has 0 atom stereocenters. The predicted molar refractivity (Wildman–Crippen MR) is 150 cm³/mol. The fourth-order valence-corrected chi connectivity index (χ4v) is 6.35. The Morgan fingerprint density at radius 3 is 2.24 bits per heavy atom. The summed E-state index contributed by atoms with van der Waals surface area (Å²) >= 11 is 0. The first kappa shape index (κ1) is 28.6. The Hall–Kier alpha value is -4.95. The van der Waals surface area contributed by atoms with Crippen LogP contribution in [0.5, 0.6) is 11.6 Å². The van der Waals surface area contributed by atoms with E-state index in [9.17, 15) is 22.4 Å². The number of nitrogens with zero attached hydrogens (tertiary/aromatic N) is 4. The third-order valence-electron chi connectivity index (χ3n) is 6.98. The number of ketones is 1. The number of carbonyl (C=O) groups is 2. The van der Waals surface area contributed by atoms with E-state index in [1.165, 1.54) is 24.4 Å². The number of hydrogen-bond donors (Lipinski definition) is 0. The van der Waals surface area contributed by atoms with Crippen LogP contribution >= 0.6 is 0 Å². The fraction of sp³-hybridized carbons (Fsp3) is 0.194. The smallest absolute Gasteiger partial charge is 0.272 e. The Morgan fingerprint density at radius 2 is 1.64 bits per heavy atom. The van der Waals surface area contributed by atoms with Crippen molar-refractivity contribution in [1.82, 2.24) is 14.9 Å². The molecule has 0 aliphatic carbocycles. The maximum atomic E-state index is 13.2. The number of likely N-dealkylation sites (tertiary alicyclic amines) is 1. The van der Waals surface area contributed by atoms with Gasteiger partial charge in [-0.2, -0.15) is 5.26 Å². The van der Waals surface area contributed by atoms with Gasteiger partial charge in [0.2, 0.25) is 5.88 Å². The molecule has 1 fully saturated rings. The van der Waals surface area contributed by atoms with Gasteiger partial charge in [-0.1, -0.05) is 6.07 Å². The van der Waals surface area contributed by atoms with Crippen LogP contribution in [0, 0.1) is 17.1 Å². The van der Waals surface area contributed by atoms with Gasteiger partial charge in [0.05, 0.1) is 21.8 Å². The van der Waals surface area contributed by atoms with Gasteiger partial charge < -0.3 is 9.64 Å². The lowest BCUT2D eigenvalue weighted by Crippen LogP contribution is -2.42. The number of pyridine rings is 2. The van der Waals surface area contributed by atoms with Gasteiger partial charge in [-0.25, -0.2) is 17.8 Å². The molecule has 1 aliphatic rings. The molecule has 0 N–H and O–H groups in total. The van der Waals surface area contributed by atoms with Crippen LogP contribution in [-0.4, -0.2) is 53.3 Å². The number of hydrogen-bond acceptors (Lipinski definition) is 8. The maximum absolute atomic E-state index is 13.2. The highest BCUT2D eigenvalue weighted by molar-refractivity contribution is 7.92. The molecule has 1 aliphatic heterocycles. The van der Waals surface area contributed by atoms with Crippen molar-refractivity contribution in [3.8, 4) is 17.7 Å². The summed E-state index contributed by atoms with van der Waals surface area (Å²) in [6, 6.07) is 19.8. The molecule has 0 spiro atoms. The molecule has 212 valence electrons. The number of carbonyl (C=O) groups excluding carboxylic acids is 2. The van der Waals surface area contributed by atoms with Gasteiger partial charge >= 0.3 is 0 Å². The van der Waals surface area contributed by atoms with Crippen molar-refractivity contribution in [1.29, 1.82) is 5.26 Å². The van der Waals surface area contributed by atoms with Crippen molar-refractivity contribution in [2.45, 2.75) is 29.4 Å². The number of halogens is 1. The van der Waals surface area contributed by atoms with E-state index < -0.39 is 20.9 Å². The largest absolute Gasteiger partial charge is 0.439 e. The fourth-order valence-electron chi connectivity index (χ4n) is 4.61. The SMILES string of the molecule is N#Cc1ccc(Oc2ccc(CC(=O)c3ccc(C(=O)N4CCC(S(=O)(=O)c5ccc(F)cc5)CC4)nc3)cn2)cc1. The molecule has 1 saturated heterocycles. The van der Waals surface area contributed by atoms with Crippen molar-refractivity contribution < 1.29 is 27.1 Å². The minimum atomic E-state index is -3.63. The van der Waals surface area contributed by atoms with Crippen LogP contribution in [-0.2, 0) is 16.3 Å². The van der Waals surface area contributed by atoms with E-state index in [2.05, 4.69) is 9.97 Å². The van der Waals surface area contributed by atoms with E-state index in [0.717, 1.165) is 12.1 Å². The quantitative estimate of drug-likeness (QED) is 0.214. The third-order valence-corrected chi connectivity index (χ3v) is 9.26. The highest BCUT2D eigenvalue weighted by Gasteiger charge is 2.33. The van der Waals surface area contributed by atoms with Gasteiger partial charge in [0.1, 0.15) is 17.3 Å². The number of ether oxygens (including phenoxy) is 1. The first-order valence-corrected chi connectivity index (χ1v) is 14.7. The second-order valence-corrected chi connectivity index (χ2v) is 12.0. The average molecular weight is 585 g/mol. The summed E-state index contributed by atoms with van der Waals surface area (Å²) in [7, 11) is -3.63. The molecule has 3 heterocycles. The first-order chi connectivity index (χ1) is 20.2. The topological polar surface area (TPSA) is 130 Å². The summed E-state index contributed by atoms with van der Waals surface area (Å²) in [6.45, 7) is 0.481. The van der Waals surface area contributed by atoms with Crippen LogP contribution in [0.1, 0.15) is 44.8 Å². The zero-order valence-corrected chi connectivity index (χ0v) is 23.1. The molecule has 11 heteroatoms. The van der Waals surface area contributed by atoms with E-state index in [1.807, 2.05) is 6.07 Å². The maximum Gasteiger partial charge on any atom is 0.272 e. The van der Waals surface area contributed by atoms with Crippen LogP contribution in [0.2, 0.25) is 0 Å². The third kappa shape index (κ3) is 6.50. The Balaban J connectivity index is 1.14. The van der Waals surface area contributed by atoms with E-state index in [4.69, 9.17) is 10.00 Å². The van der Waals surface area contributed by atoms with E-state index in [-0.39, 0.29) is 54.6 Å². The summed E-state index contributed by atoms with van der Waals surface area (Å²) in [4.78, 5) is 35.8. The summed E-state index contributed by atoms with van der Waals surface area (Å²) in [6.07, 6.45) is 3.50. The number of nitriles is 1. The minimum Gasteiger partial charge on any atom is -0.439 e. The van der Waals surface area contributed by atoms with Crippen molar-refractivity contribution in [3.63, 3.8) is 0 Å². The van der Waals surface area contributed by atoms with Gasteiger partial charge in [0, 0.05) is 43.5 Å². The molecule has 9 nitrogen and oxygen atoms in total. The lowest BCUT2D eigenvalue weighted by atomic mass is 10.1. The monoisotopic (exact) mass is 584 g/mol. The van der Waals surface area contributed by atoms with E-state index >= 15 is 0 Å². The molecule has 0 unspecified atom stereocenters. The molecule has 0 bridgehead atoms. The van der Waals surface area contributed by atoms with Crippen molar-refractivity contribution >= 4 is 21.5 Å². The standard InChI is InChI=1S/C31H25FN4O5S/c32-24-5-9-26(10-6-24)42(39,40)27-13-15-36(16-14-27)31(38)28-11-4-23(20-34-28)29(37)17-22-3-12-30(35-19-22)41-25-7-1-21(18-33)2-8-25/h1-12,19-20,27H,13-17H2. The Morgan fingerprint density at radius 1 is 0.929 bits per heavy atom. The molecule has 2 aromatic carbocycles. The molecule has 5 rings (SSSR count). The second kappa shape index (κ2) is 12.3. The number of Topliss-reactive ketones (excluding diaryl/α,β-unsaturated/α-hetero) is 1. The summed E-state index contributed by atoms with van der Waals surface area (Å²) in [5.74, 6) is -0.166. The normalized spacial score (nSPS) is 13.8. The van der Waals surface area contributed by atoms with Gasteiger partial charge in [-0.3, -0.25) is 14.6 Å². The van der Waals surface area contributed by atoms with Gasteiger partial charge in [0.25, 0.3) is 5.91 Å². The molecule has 0 radical (unpaired) electrons. The Labute approximate surface area is 242 Å². The number of amides is 1. The van der Waals surface area contributed by atoms with Crippen molar-refractivity contribution in [3.05, 3.63) is 113 Å². The van der Waals surface area contributed by atoms with Crippen LogP contribution in [0.3, 0.4) is 0 Å². The van der Waals surface area contributed by atoms with Crippen molar-refractivity contribution in [2.75, 3.05) is 13.1 Å². The highest BCUT2D eigenvalue weighted by Crippen LogP contribution is 2.26. The number of aromatic nitrogens is 2. The average Bonchev–Trinajstić information content (AvgIpc) is 3.02. The lowest BCUT2D eigenvalue weighted by molar-refractivity contribution is 0.0719. The van der Waals surface area contributed by atoms with Gasteiger partial charge in [0.15, 0.2) is 15.6 Å². The lowest BCUT2D eigenvalue weighted by Gasteiger charge is -2.31. The minimum absolute atomic E-state index is 0.0683. The predicted octanol–water partition coefficient (Wildman–Crippen LogP) is 4.78. The molecule has 2 aromatic heterocycles. The number of piperidine rings is 1. The molecular formula is C31H25FN4O5S. The second-order valence-electron chi connectivity index (χ2n) is 9.77. The van der Waals surface area contributed by atoms with Crippen LogP contribution in [0.15, 0.2) is 90.1 Å². The van der Waals surface area contributed by atoms with Crippen LogP contribution in [0.25, 0.3) is 0 Å². The van der Waals surface area contributed by atoms with Crippen LogP contribution in [0.4, 0.5) is 4.39 Å². The van der Waals surface area contributed by atoms with Gasteiger partial charge in [-0.15, -0.1) is 0 Å². The number of rotatable bonds is 8. The molecule has 42 heavy (non-hydrogen) atoms. The Bertz CT molecular complexity index is 1730. The summed E-state index contributed by atoms with van der Waals surface area (Å²) in [5.41, 5.74) is 1.70. The molecule has 4 aromatic rings. The Kier molecular flexibility index (Phi) is 8.36. The van der Waals surface area contributed by atoms with Gasteiger partial charge in [-0.05, 0) is 79.1 Å². The number of sulfone groups is 1.